The summed E-state index contributed by atoms with van der Waals surface area (Å²) in [7, 11) is 0. The predicted molar refractivity (Wildman–Crippen MR) is 270 cm³/mol. The van der Waals surface area contributed by atoms with Crippen LogP contribution < -0.4 is 0 Å². The second-order valence-electron chi connectivity index (χ2n) is 18.0. The Balaban J connectivity index is 1.20. The first kappa shape index (κ1) is 45.3. The van der Waals surface area contributed by atoms with Gasteiger partial charge in [0, 0.05) is 49.4 Å². The van der Waals surface area contributed by atoms with Crippen molar-refractivity contribution in [3.8, 4) is 56.5 Å². The molecule has 3 aromatic heterocycles. The summed E-state index contributed by atoms with van der Waals surface area (Å²) >= 11 is 0. The van der Waals surface area contributed by atoms with Crippen LogP contribution in [0.2, 0.25) is 0 Å². The number of aromatic nitrogens is 3. The Labute approximate surface area is 417 Å². The molecule has 0 radical (unpaired) electrons. The smallest absolute Gasteiger partial charge is 0.200 e. The maximum atomic E-state index is 16.5. The van der Waals surface area contributed by atoms with E-state index in [1.54, 1.807) is 24.3 Å². The minimum Gasteiger partial charge on any atom is -0.309 e. The minimum atomic E-state index is -2.51. The second kappa shape index (κ2) is 16.7. The minimum absolute atomic E-state index is 0.0109. The lowest BCUT2D eigenvalue weighted by Crippen LogP contribution is -2.08. The monoisotopic (exact) mass is 1010 g/mol. The number of rotatable bonds is 6. The van der Waals surface area contributed by atoms with E-state index in [-0.39, 0.29) is 16.8 Å². The zero-order valence-corrected chi connectivity index (χ0v) is 38.2. The van der Waals surface area contributed by atoms with Gasteiger partial charge in [-0.15, -0.1) is 0 Å². The van der Waals surface area contributed by atoms with Crippen LogP contribution in [0, 0.1) is 69.5 Å². The molecule has 0 aliphatic heterocycles. The predicted octanol–water partition coefficient (Wildman–Crippen LogP) is 17.2. The fraction of sp³-hybridized carbons (Fsp3) is 0. The Bertz CT molecular complexity index is 4250. The third-order valence-corrected chi connectivity index (χ3v) is 14.1. The molecule has 14 heteroatoms. The summed E-state index contributed by atoms with van der Waals surface area (Å²) < 4.78 is 163. The molecule has 0 fully saturated rings. The molecule has 362 valence electrons. The van der Waals surface area contributed by atoms with Crippen LogP contribution in [0.25, 0.3) is 116 Å². The molecule has 13 rings (SSSR count). The topological polar surface area (TPSA) is 38.6 Å². The van der Waals surface area contributed by atoms with Gasteiger partial charge in [-0.1, -0.05) is 84.9 Å². The van der Waals surface area contributed by atoms with E-state index in [4.69, 9.17) is 0 Å². The third kappa shape index (κ3) is 6.50. The Morgan fingerprint density at radius 3 is 0.933 bits per heavy atom. The van der Waals surface area contributed by atoms with Crippen molar-refractivity contribution in [3.05, 3.63) is 234 Å². The van der Waals surface area contributed by atoms with E-state index in [1.807, 2.05) is 115 Å². The van der Waals surface area contributed by atoms with Crippen LogP contribution in [0.15, 0.2) is 170 Å². The SMILES string of the molecule is N#Cc1ccc(-c2c(-c3c(F)c(F)c(F)c(F)c3F)cc(-n3c4ccc(-n5c6ccccc6c6ccccc65)cc4c4cc(-n5c6ccccc6c6ccccc65)ccc43)cc2-c2c(F)c(F)c(F)c(F)c2F)cc1. The Kier molecular flexibility index (Phi) is 10.1. The summed E-state index contributed by atoms with van der Waals surface area (Å²) in [6.45, 7) is 0. The van der Waals surface area contributed by atoms with E-state index in [1.165, 1.54) is 16.7 Å². The van der Waals surface area contributed by atoms with Gasteiger partial charge in [0.25, 0.3) is 0 Å². The molecule has 0 saturated carbocycles. The van der Waals surface area contributed by atoms with Gasteiger partial charge in [-0.2, -0.15) is 5.26 Å². The summed E-state index contributed by atoms with van der Waals surface area (Å²) in [6, 6.07) is 50.7. The van der Waals surface area contributed by atoms with E-state index >= 15 is 35.1 Å². The van der Waals surface area contributed by atoms with Crippen molar-refractivity contribution in [1.82, 2.24) is 13.7 Å². The highest BCUT2D eigenvalue weighted by atomic mass is 19.2. The van der Waals surface area contributed by atoms with E-state index < -0.39 is 86.0 Å². The van der Waals surface area contributed by atoms with Gasteiger partial charge in [-0.05, 0) is 107 Å². The number of hydrogen-bond donors (Lipinski definition) is 0. The molecule has 0 bridgehead atoms. The van der Waals surface area contributed by atoms with Crippen LogP contribution in [0.1, 0.15) is 5.56 Å². The highest BCUT2D eigenvalue weighted by Crippen LogP contribution is 2.48. The first-order chi connectivity index (χ1) is 36.4. The van der Waals surface area contributed by atoms with Gasteiger partial charge in [-0.25, -0.2) is 43.9 Å². The van der Waals surface area contributed by atoms with E-state index in [9.17, 15) is 14.0 Å². The highest BCUT2D eigenvalue weighted by Gasteiger charge is 2.34. The number of nitrogens with zero attached hydrogens (tertiary/aromatic N) is 4. The molecule has 0 spiro atoms. The number of halogens is 10. The van der Waals surface area contributed by atoms with Crippen LogP contribution in [0.5, 0.6) is 0 Å². The summed E-state index contributed by atoms with van der Waals surface area (Å²) in [5, 5.41) is 14.6. The summed E-state index contributed by atoms with van der Waals surface area (Å²) in [5.74, 6) is -23.9. The zero-order valence-electron chi connectivity index (χ0n) is 38.2. The van der Waals surface area contributed by atoms with Gasteiger partial charge in [0.05, 0.1) is 55.9 Å². The van der Waals surface area contributed by atoms with Gasteiger partial charge >= 0.3 is 0 Å². The molecule has 75 heavy (non-hydrogen) atoms. The van der Waals surface area contributed by atoms with Crippen molar-refractivity contribution >= 4 is 65.4 Å². The van der Waals surface area contributed by atoms with E-state index in [0.717, 1.165) is 67.9 Å². The normalized spacial score (nSPS) is 11.9. The van der Waals surface area contributed by atoms with Crippen LogP contribution in [0.4, 0.5) is 43.9 Å². The molecule has 0 aliphatic carbocycles. The van der Waals surface area contributed by atoms with Gasteiger partial charge < -0.3 is 13.7 Å². The van der Waals surface area contributed by atoms with Crippen LogP contribution in [0.3, 0.4) is 0 Å². The van der Waals surface area contributed by atoms with Gasteiger partial charge in [-0.3, -0.25) is 0 Å². The van der Waals surface area contributed by atoms with E-state index in [2.05, 4.69) is 9.13 Å². The number of para-hydroxylation sites is 4. The lowest BCUT2D eigenvalue weighted by molar-refractivity contribution is 0.381. The number of fused-ring (bicyclic) bond motifs is 9. The Morgan fingerprint density at radius 1 is 0.280 bits per heavy atom. The molecule has 13 aromatic rings. The van der Waals surface area contributed by atoms with Gasteiger partial charge in [0.15, 0.2) is 46.5 Å². The quantitative estimate of drug-likeness (QED) is 0.0929. The fourth-order valence-electron chi connectivity index (χ4n) is 10.8. The molecule has 0 unspecified atom stereocenters. The van der Waals surface area contributed by atoms with Crippen molar-refractivity contribution in [2.75, 3.05) is 0 Å². The Morgan fingerprint density at radius 2 is 0.587 bits per heavy atom. The maximum absolute atomic E-state index is 16.5. The van der Waals surface area contributed by atoms with Crippen molar-refractivity contribution in [1.29, 1.82) is 5.26 Å². The molecular formula is C61H28F10N4. The number of benzene rings is 10. The molecule has 4 nitrogen and oxygen atoms in total. The van der Waals surface area contributed by atoms with Gasteiger partial charge in [0.1, 0.15) is 0 Å². The molecule has 0 atom stereocenters. The third-order valence-electron chi connectivity index (χ3n) is 14.1. The van der Waals surface area contributed by atoms with Crippen molar-refractivity contribution < 1.29 is 43.9 Å². The lowest BCUT2D eigenvalue weighted by Gasteiger charge is -2.22. The van der Waals surface area contributed by atoms with Crippen LogP contribution >= 0.6 is 0 Å². The second-order valence-corrected chi connectivity index (χ2v) is 18.0. The first-order valence-corrected chi connectivity index (χ1v) is 23.1. The van der Waals surface area contributed by atoms with Crippen molar-refractivity contribution in [3.63, 3.8) is 0 Å². The molecule has 0 amide bonds. The molecule has 0 aliphatic rings. The average Bonchev–Trinajstić information content (AvgIpc) is 4.08. The van der Waals surface area contributed by atoms with Gasteiger partial charge in [0.2, 0.25) is 11.6 Å². The van der Waals surface area contributed by atoms with Crippen molar-refractivity contribution in [2.45, 2.75) is 0 Å². The number of hydrogen-bond acceptors (Lipinski definition) is 1. The number of nitriles is 1. The molecular weight excluding hydrogens is 979 g/mol. The summed E-state index contributed by atoms with van der Waals surface area (Å²) in [5.41, 5.74) is -0.593. The largest absolute Gasteiger partial charge is 0.309 e. The summed E-state index contributed by atoms with van der Waals surface area (Å²) in [6.07, 6.45) is 0. The average molecular weight is 1010 g/mol. The maximum Gasteiger partial charge on any atom is 0.200 e. The Hall–Kier alpha value is -9.61. The summed E-state index contributed by atoms with van der Waals surface area (Å²) in [4.78, 5) is 0. The lowest BCUT2D eigenvalue weighted by atomic mass is 9.85. The van der Waals surface area contributed by atoms with Crippen molar-refractivity contribution in [2.24, 2.45) is 0 Å². The van der Waals surface area contributed by atoms with Crippen LogP contribution in [-0.2, 0) is 0 Å². The molecule has 10 aromatic carbocycles. The molecule has 0 N–H and O–H groups in total. The highest BCUT2D eigenvalue weighted by molar-refractivity contribution is 6.14. The van der Waals surface area contributed by atoms with Crippen LogP contribution in [-0.4, -0.2) is 13.7 Å². The van der Waals surface area contributed by atoms with E-state index in [0.29, 0.717) is 33.2 Å². The molecule has 3 heterocycles. The molecule has 0 saturated heterocycles. The standard InChI is InChI=1S/C61H28F10N4/c62-52-50(53(63)57(67)60(70)56(52)66)41-27-34(28-42(49(41)31-19-17-30(29-72)18-20-31)51-54(64)58(68)61(71)59(69)55(51)65)75-47-23-21-32(73-43-13-5-1-9-35(43)36-10-2-6-14-44(36)73)25-39(47)40-26-33(22-24-48(40)75)74-45-15-7-3-11-37(45)38-12-4-8-16-46(38)74/h1-28H. The first-order valence-electron chi connectivity index (χ1n) is 23.1. The fourth-order valence-corrected chi connectivity index (χ4v) is 10.8. The zero-order chi connectivity index (χ0) is 51.7.